The topological polar surface area (TPSA) is 12.0 Å². The molecule has 96 valence electrons. The Kier molecular flexibility index (Phi) is 6.64. The molecule has 1 unspecified atom stereocenters. The lowest BCUT2D eigenvalue weighted by Crippen LogP contribution is -2.14. The van der Waals surface area contributed by atoms with Crippen LogP contribution in [-0.2, 0) is 0 Å². The Bertz CT molecular complexity index is 336. The van der Waals surface area contributed by atoms with E-state index in [4.69, 9.17) is 0 Å². The first-order valence-electron chi connectivity index (χ1n) is 6.66. The lowest BCUT2D eigenvalue weighted by atomic mass is 10.1. The molecule has 0 saturated carbocycles. The molecule has 1 nitrogen and oxygen atoms in total. The van der Waals surface area contributed by atoms with E-state index in [0.29, 0.717) is 6.04 Å². The quantitative estimate of drug-likeness (QED) is 0.653. The van der Waals surface area contributed by atoms with E-state index in [2.05, 4.69) is 60.2 Å². The predicted molar refractivity (Wildman–Crippen MR) is 80.7 cm³/mol. The SMILES string of the molecule is CCCCCCC(C)Nc1ccc(Br)c(C)c1. The lowest BCUT2D eigenvalue weighted by Gasteiger charge is -2.15. The van der Waals surface area contributed by atoms with Gasteiger partial charge in [0, 0.05) is 16.2 Å². The van der Waals surface area contributed by atoms with Crippen molar-refractivity contribution in [1.29, 1.82) is 0 Å². The molecule has 0 radical (unpaired) electrons. The number of rotatable bonds is 7. The van der Waals surface area contributed by atoms with Crippen LogP contribution >= 0.6 is 15.9 Å². The monoisotopic (exact) mass is 297 g/mol. The minimum Gasteiger partial charge on any atom is -0.383 e. The van der Waals surface area contributed by atoms with Crippen LogP contribution in [0.25, 0.3) is 0 Å². The Balaban J connectivity index is 2.34. The maximum atomic E-state index is 3.57. The number of nitrogens with one attached hydrogen (secondary N) is 1. The van der Waals surface area contributed by atoms with Gasteiger partial charge in [0.15, 0.2) is 0 Å². The molecule has 1 N–H and O–H groups in total. The van der Waals surface area contributed by atoms with Gasteiger partial charge in [-0.15, -0.1) is 0 Å². The van der Waals surface area contributed by atoms with Gasteiger partial charge in [-0.1, -0.05) is 48.5 Å². The number of hydrogen-bond acceptors (Lipinski definition) is 1. The minimum absolute atomic E-state index is 0.562. The highest BCUT2D eigenvalue weighted by atomic mass is 79.9. The first-order chi connectivity index (χ1) is 8.13. The summed E-state index contributed by atoms with van der Waals surface area (Å²) < 4.78 is 1.18. The van der Waals surface area contributed by atoms with Crippen LogP contribution in [0.15, 0.2) is 22.7 Å². The Labute approximate surface area is 114 Å². The summed E-state index contributed by atoms with van der Waals surface area (Å²) in [5, 5.41) is 3.57. The molecular weight excluding hydrogens is 274 g/mol. The van der Waals surface area contributed by atoms with E-state index in [-0.39, 0.29) is 0 Å². The summed E-state index contributed by atoms with van der Waals surface area (Å²) >= 11 is 3.53. The van der Waals surface area contributed by atoms with Crippen LogP contribution in [0.2, 0.25) is 0 Å². The Hall–Kier alpha value is -0.500. The van der Waals surface area contributed by atoms with Crippen LogP contribution in [0.1, 0.15) is 51.5 Å². The zero-order chi connectivity index (χ0) is 12.7. The average molecular weight is 298 g/mol. The van der Waals surface area contributed by atoms with E-state index < -0.39 is 0 Å². The Morgan fingerprint density at radius 1 is 1.24 bits per heavy atom. The molecule has 1 aromatic rings. The summed E-state index contributed by atoms with van der Waals surface area (Å²) in [6.07, 6.45) is 6.63. The third-order valence-corrected chi connectivity index (χ3v) is 3.95. The third-order valence-electron chi connectivity index (χ3n) is 3.06. The fraction of sp³-hybridized carbons (Fsp3) is 0.600. The summed E-state index contributed by atoms with van der Waals surface area (Å²) in [4.78, 5) is 0. The van der Waals surface area contributed by atoms with Crippen molar-refractivity contribution in [2.45, 2.75) is 58.9 Å². The molecule has 0 aliphatic heterocycles. The second-order valence-corrected chi connectivity index (χ2v) is 5.71. The van der Waals surface area contributed by atoms with Crippen molar-refractivity contribution in [2.75, 3.05) is 5.32 Å². The van der Waals surface area contributed by atoms with Crippen molar-refractivity contribution in [1.82, 2.24) is 0 Å². The molecule has 0 aromatic heterocycles. The van der Waals surface area contributed by atoms with Gasteiger partial charge in [-0.05, 0) is 44.0 Å². The fourth-order valence-electron chi connectivity index (χ4n) is 1.97. The van der Waals surface area contributed by atoms with E-state index in [1.54, 1.807) is 0 Å². The maximum Gasteiger partial charge on any atom is 0.0345 e. The van der Waals surface area contributed by atoms with Crippen LogP contribution in [0.5, 0.6) is 0 Å². The average Bonchev–Trinajstić information content (AvgIpc) is 2.30. The zero-order valence-electron chi connectivity index (χ0n) is 11.2. The molecule has 0 aliphatic carbocycles. The van der Waals surface area contributed by atoms with Gasteiger partial charge in [0.25, 0.3) is 0 Å². The molecular formula is C15H24BrN. The summed E-state index contributed by atoms with van der Waals surface area (Å²) in [5.74, 6) is 0. The van der Waals surface area contributed by atoms with Gasteiger partial charge in [-0.25, -0.2) is 0 Å². The summed E-state index contributed by atoms with van der Waals surface area (Å²) in [6.45, 7) is 6.65. The smallest absolute Gasteiger partial charge is 0.0345 e. The molecule has 1 atom stereocenters. The molecule has 0 fully saturated rings. The molecule has 17 heavy (non-hydrogen) atoms. The van der Waals surface area contributed by atoms with Crippen LogP contribution in [0.3, 0.4) is 0 Å². The van der Waals surface area contributed by atoms with Crippen LogP contribution in [0.4, 0.5) is 5.69 Å². The molecule has 1 aromatic carbocycles. The molecule has 0 bridgehead atoms. The largest absolute Gasteiger partial charge is 0.383 e. The lowest BCUT2D eigenvalue weighted by molar-refractivity contribution is 0.594. The first kappa shape index (κ1) is 14.6. The molecule has 0 saturated heterocycles. The molecule has 0 heterocycles. The molecule has 2 heteroatoms. The number of anilines is 1. The van der Waals surface area contributed by atoms with E-state index in [0.717, 1.165) is 0 Å². The Morgan fingerprint density at radius 3 is 2.65 bits per heavy atom. The van der Waals surface area contributed by atoms with Gasteiger partial charge in [-0.2, -0.15) is 0 Å². The van der Waals surface area contributed by atoms with E-state index in [1.807, 2.05) is 0 Å². The van der Waals surface area contributed by atoms with E-state index in [9.17, 15) is 0 Å². The van der Waals surface area contributed by atoms with Crippen LogP contribution in [0, 0.1) is 6.92 Å². The van der Waals surface area contributed by atoms with Gasteiger partial charge in [0.05, 0.1) is 0 Å². The van der Waals surface area contributed by atoms with Gasteiger partial charge >= 0.3 is 0 Å². The number of unbranched alkanes of at least 4 members (excludes halogenated alkanes) is 3. The Morgan fingerprint density at radius 2 is 2.00 bits per heavy atom. The zero-order valence-corrected chi connectivity index (χ0v) is 12.8. The van der Waals surface area contributed by atoms with Crippen molar-refractivity contribution in [3.05, 3.63) is 28.2 Å². The highest BCUT2D eigenvalue weighted by molar-refractivity contribution is 9.10. The molecule has 0 spiro atoms. The summed E-state index contributed by atoms with van der Waals surface area (Å²) in [6, 6.07) is 7.01. The van der Waals surface area contributed by atoms with E-state index in [1.165, 1.54) is 47.8 Å². The van der Waals surface area contributed by atoms with Crippen molar-refractivity contribution < 1.29 is 0 Å². The van der Waals surface area contributed by atoms with Gasteiger partial charge in [0.1, 0.15) is 0 Å². The number of halogens is 1. The van der Waals surface area contributed by atoms with Gasteiger partial charge in [-0.3, -0.25) is 0 Å². The molecule has 1 rings (SSSR count). The number of aryl methyl sites for hydroxylation is 1. The predicted octanol–water partition coefficient (Wildman–Crippen LogP) is 5.53. The minimum atomic E-state index is 0.562. The first-order valence-corrected chi connectivity index (χ1v) is 7.45. The van der Waals surface area contributed by atoms with Crippen molar-refractivity contribution in [3.63, 3.8) is 0 Å². The summed E-state index contributed by atoms with van der Waals surface area (Å²) in [5.41, 5.74) is 2.52. The van der Waals surface area contributed by atoms with Crippen molar-refractivity contribution in [3.8, 4) is 0 Å². The second-order valence-electron chi connectivity index (χ2n) is 4.86. The normalized spacial score (nSPS) is 12.5. The van der Waals surface area contributed by atoms with Crippen LogP contribution in [-0.4, -0.2) is 6.04 Å². The highest BCUT2D eigenvalue weighted by Crippen LogP contribution is 2.21. The molecule has 0 amide bonds. The molecule has 0 aliphatic rings. The maximum absolute atomic E-state index is 3.57. The number of benzene rings is 1. The van der Waals surface area contributed by atoms with E-state index >= 15 is 0 Å². The van der Waals surface area contributed by atoms with Crippen molar-refractivity contribution in [2.24, 2.45) is 0 Å². The van der Waals surface area contributed by atoms with Gasteiger partial charge in [0.2, 0.25) is 0 Å². The van der Waals surface area contributed by atoms with Crippen molar-refractivity contribution >= 4 is 21.6 Å². The third kappa shape index (κ3) is 5.58. The number of hydrogen-bond donors (Lipinski definition) is 1. The standard InChI is InChI=1S/C15H24BrN/c1-4-5-6-7-8-13(3)17-14-9-10-15(16)12(2)11-14/h9-11,13,17H,4-8H2,1-3H3. The van der Waals surface area contributed by atoms with Gasteiger partial charge < -0.3 is 5.32 Å². The second kappa shape index (κ2) is 7.75. The summed E-state index contributed by atoms with van der Waals surface area (Å²) in [7, 11) is 0. The fourth-order valence-corrected chi connectivity index (χ4v) is 2.22. The van der Waals surface area contributed by atoms with Crippen LogP contribution < -0.4 is 5.32 Å². The highest BCUT2D eigenvalue weighted by Gasteiger charge is 2.03.